The van der Waals surface area contributed by atoms with E-state index in [4.69, 9.17) is 23.2 Å². The largest absolute Gasteiger partial charge is 0.325 e. The van der Waals surface area contributed by atoms with Crippen LogP contribution in [-0.4, -0.2) is 24.1 Å². The van der Waals surface area contributed by atoms with Crippen molar-refractivity contribution < 1.29 is 14.4 Å². The van der Waals surface area contributed by atoms with Gasteiger partial charge in [-0.05, 0) is 37.3 Å². The van der Waals surface area contributed by atoms with Gasteiger partial charge in [-0.1, -0.05) is 35.3 Å². The molecule has 0 saturated carbocycles. The molecule has 2 aromatic carbocycles. The van der Waals surface area contributed by atoms with Gasteiger partial charge in [0, 0.05) is 36.2 Å². The molecule has 2 amide bonds. The molecule has 0 heterocycles. The zero-order chi connectivity index (χ0) is 19.3. The summed E-state index contributed by atoms with van der Waals surface area (Å²) >= 11 is 11.9. The summed E-state index contributed by atoms with van der Waals surface area (Å²) in [6.45, 7) is 3.03. The highest BCUT2D eigenvalue weighted by molar-refractivity contribution is 6.35. The molecule has 0 spiro atoms. The second-order valence-corrected chi connectivity index (χ2v) is 6.54. The normalized spacial score (nSPS) is 10.3. The smallest absolute Gasteiger partial charge is 0.226 e. The molecule has 0 radical (unpaired) electrons. The molecule has 136 valence electrons. The van der Waals surface area contributed by atoms with Crippen molar-refractivity contribution in [2.45, 2.75) is 20.3 Å². The molecular weight excluding hydrogens is 375 g/mol. The lowest BCUT2D eigenvalue weighted by Crippen LogP contribution is -2.32. The number of nitrogens with zero attached hydrogens (tertiary/aromatic N) is 1. The molecule has 0 aliphatic heterocycles. The van der Waals surface area contributed by atoms with E-state index in [1.807, 2.05) is 0 Å². The first-order chi connectivity index (χ1) is 12.3. The van der Waals surface area contributed by atoms with E-state index in [0.29, 0.717) is 27.0 Å². The van der Waals surface area contributed by atoms with E-state index in [2.05, 4.69) is 5.32 Å². The van der Waals surface area contributed by atoms with Gasteiger partial charge in [0.25, 0.3) is 0 Å². The molecule has 26 heavy (non-hydrogen) atoms. The lowest BCUT2D eigenvalue weighted by atomic mass is 10.1. The molecule has 2 aromatic rings. The van der Waals surface area contributed by atoms with Crippen LogP contribution in [0.2, 0.25) is 10.0 Å². The summed E-state index contributed by atoms with van der Waals surface area (Å²) in [5.74, 6) is -0.619. The Bertz CT molecular complexity index is 852. The molecule has 0 fully saturated rings. The van der Waals surface area contributed by atoms with Gasteiger partial charge in [-0.15, -0.1) is 0 Å². The van der Waals surface area contributed by atoms with E-state index in [1.165, 1.54) is 18.7 Å². The summed E-state index contributed by atoms with van der Waals surface area (Å²) in [5.41, 5.74) is 1.49. The minimum Gasteiger partial charge on any atom is -0.325 e. The fraction of sp³-hybridized carbons (Fsp3) is 0.211. The highest BCUT2D eigenvalue weighted by Crippen LogP contribution is 2.25. The minimum absolute atomic E-state index is 0.0622. The first kappa shape index (κ1) is 19.9. The lowest BCUT2D eigenvalue weighted by Gasteiger charge is -2.21. The molecule has 0 atom stereocenters. The standard InChI is InChI=1S/C19H18Cl2N2O3/c1-12(24)14-4-3-5-16(10-14)23(13(2)25)9-8-19(26)22-18-11-15(20)6-7-17(18)21/h3-7,10-11H,8-9H2,1-2H3,(H,22,26). The third-order valence-electron chi connectivity index (χ3n) is 3.71. The van der Waals surface area contributed by atoms with Crippen LogP contribution in [0.3, 0.4) is 0 Å². The Labute approximate surface area is 161 Å². The number of rotatable bonds is 6. The van der Waals surface area contributed by atoms with E-state index >= 15 is 0 Å². The molecule has 0 unspecified atom stereocenters. The Morgan fingerprint density at radius 1 is 1.04 bits per heavy atom. The predicted octanol–water partition coefficient (Wildman–Crippen LogP) is 4.58. The Kier molecular flexibility index (Phi) is 6.77. The molecule has 0 aromatic heterocycles. The molecule has 0 saturated heterocycles. The Balaban J connectivity index is 2.08. The Morgan fingerprint density at radius 3 is 2.42 bits per heavy atom. The molecular formula is C19H18Cl2N2O3. The molecule has 0 bridgehead atoms. The van der Waals surface area contributed by atoms with Gasteiger partial charge >= 0.3 is 0 Å². The van der Waals surface area contributed by atoms with Crippen LogP contribution in [0.25, 0.3) is 0 Å². The van der Waals surface area contributed by atoms with Gasteiger partial charge < -0.3 is 10.2 Å². The van der Waals surface area contributed by atoms with E-state index in [0.717, 1.165) is 0 Å². The summed E-state index contributed by atoms with van der Waals surface area (Å²) in [5, 5.41) is 3.51. The van der Waals surface area contributed by atoms with Crippen molar-refractivity contribution in [2.75, 3.05) is 16.8 Å². The first-order valence-electron chi connectivity index (χ1n) is 7.92. The summed E-state index contributed by atoms with van der Waals surface area (Å²) in [6.07, 6.45) is 0.0622. The number of carbonyl (C=O) groups excluding carboxylic acids is 3. The number of halogens is 2. The van der Waals surface area contributed by atoms with Crippen LogP contribution in [0.15, 0.2) is 42.5 Å². The summed E-state index contributed by atoms with van der Waals surface area (Å²) in [4.78, 5) is 37.1. The molecule has 0 aliphatic rings. The number of hydrogen-bond acceptors (Lipinski definition) is 3. The molecule has 2 rings (SSSR count). The average molecular weight is 393 g/mol. The van der Waals surface area contributed by atoms with E-state index in [-0.39, 0.29) is 30.6 Å². The van der Waals surface area contributed by atoms with E-state index < -0.39 is 0 Å². The highest BCUT2D eigenvalue weighted by atomic mass is 35.5. The summed E-state index contributed by atoms with van der Waals surface area (Å²) < 4.78 is 0. The predicted molar refractivity (Wildman–Crippen MR) is 104 cm³/mol. The van der Waals surface area contributed by atoms with Gasteiger partial charge in [0.15, 0.2) is 5.78 Å². The number of amides is 2. The van der Waals surface area contributed by atoms with Crippen molar-refractivity contribution in [1.82, 2.24) is 0 Å². The maximum absolute atomic E-state index is 12.2. The van der Waals surface area contributed by atoms with Crippen molar-refractivity contribution in [3.8, 4) is 0 Å². The SMILES string of the molecule is CC(=O)c1cccc(N(CCC(=O)Nc2cc(Cl)ccc2Cl)C(C)=O)c1. The van der Waals surface area contributed by atoms with Crippen molar-refractivity contribution in [3.63, 3.8) is 0 Å². The van der Waals surface area contributed by atoms with Gasteiger partial charge in [-0.3, -0.25) is 14.4 Å². The van der Waals surface area contributed by atoms with Crippen molar-refractivity contribution in [1.29, 1.82) is 0 Å². The molecule has 5 nitrogen and oxygen atoms in total. The number of Topliss-reactive ketones (excluding diaryl/α,β-unsaturated/α-hetero) is 1. The van der Waals surface area contributed by atoms with Crippen LogP contribution in [0.1, 0.15) is 30.6 Å². The number of hydrogen-bond donors (Lipinski definition) is 1. The average Bonchev–Trinajstić information content (AvgIpc) is 2.58. The van der Waals surface area contributed by atoms with Crippen LogP contribution in [0.4, 0.5) is 11.4 Å². The van der Waals surface area contributed by atoms with Crippen LogP contribution < -0.4 is 10.2 Å². The fourth-order valence-electron chi connectivity index (χ4n) is 2.38. The van der Waals surface area contributed by atoms with E-state index in [9.17, 15) is 14.4 Å². The van der Waals surface area contributed by atoms with Crippen LogP contribution >= 0.6 is 23.2 Å². The number of ketones is 1. The number of nitrogens with one attached hydrogen (secondary N) is 1. The lowest BCUT2D eigenvalue weighted by molar-refractivity contribution is -0.117. The topological polar surface area (TPSA) is 66.5 Å². The second kappa shape index (κ2) is 8.83. The maximum Gasteiger partial charge on any atom is 0.226 e. The van der Waals surface area contributed by atoms with Gasteiger partial charge in [-0.25, -0.2) is 0 Å². The van der Waals surface area contributed by atoms with Crippen LogP contribution in [0.5, 0.6) is 0 Å². The van der Waals surface area contributed by atoms with Gasteiger partial charge in [0.2, 0.25) is 11.8 Å². The van der Waals surface area contributed by atoms with Gasteiger partial charge in [0.05, 0.1) is 10.7 Å². The monoisotopic (exact) mass is 392 g/mol. The Hall–Kier alpha value is -2.37. The van der Waals surface area contributed by atoms with Crippen molar-refractivity contribution in [3.05, 3.63) is 58.1 Å². The van der Waals surface area contributed by atoms with E-state index in [1.54, 1.807) is 42.5 Å². The Morgan fingerprint density at radius 2 is 1.77 bits per heavy atom. The first-order valence-corrected chi connectivity index (χ1v) is 8.67. The van der Waals surface area contributed by atoms with Crippen molar-refractivity contribution >= 4 is 52.2 Å². The quantitative estimate of drug-likeness (QED) is 0.731. The number of anilines is 2. The van der Waals surface area contributed by atoms with Crippen LogP contribution in [0, 0.1) is 0 Å². The zero-order valence-electron chi connectivity index (χ0n) is 14.4. The highest BCUT2D eigenvalue weighted by Gasteiger charge is 2.15. The van der Waals surface area contributed by atoms with Gasteiger partial charge in [0.1, 0.15) is 0 Å². The second-order valence-electron chi connectivity index (χ2n) is 5.70. The maximum atomic E-state index is 12.2. The van der Waals surface area contributed by atoms with Crippen molar-refractivity contribution in [2.24, 2.45) is 0 Å². The third kappa shape index (κ3) is 5.31. The fourth-order valence-corrected chi connectivity index (χ4v) is 2.72. The molecule has 7 heteroatoms. The molecule has 1 N–H and O–H groups in total. The van der Waals surface area contributed by atoms with Gasteiger partial charge in [-0.2, -0.15) is 0 Å². The van der Waals surface area contributed by atoms with Crippen LogP contribution in [-0.2, 0) is 9.59 Å². The number of carbonyl (C=O) groups is 3. The number of benzene rings is 2. The molecule has 0 aliphatic carbocycles. The summed E-state index contributed by atoms with van der Waals surface area (Å²) in [6, 6.07) is 11.5. The summed E-state index contributed by atoms with van der Waals surface area (Å²) in [7, 11) is 0. The third-order valence-corrected chi connectivity index (χ3v) is 4.27. The zero-order valence-corrected chi connectivity index (χ0v) is 15.9. The minimum atomic E-state index is -0.303.